The molecule has 2 unspecified atom stereocenters. The van der Waals surface area contributed by atoms with Crippen LogP contribution in [0.4, 0.5) is 8.78 Å². The lowest BCUT2D eigenvalue weighted by Gasteiger charge is -2.23. The second-order valence-electron chi connectivity index (χ2n) is 7.85. The Hall–Kier alpha value is -2.21. The van der Waals surface area contributed by atoms with Crippen LogP contribution in [0.15, 0.2) is 36.5 Å². The van der Waals surface area contributed by atoms with E-state index in [4.69, 9.17) is 4.74 Å². The predicted molar refractivity (Wildman–Crippen MR) is 97.7 cm³/mol. The first-order valence-corrected chi connectivity index (χ1v) is 9.47. The maximum Gasteiger partial charge on any atom is 0.255 e. The minimum absolute atomic E-state index is 0.0458. The number of pyridine rings is 1. The molecule has 1 aliphatic heterocycles. The van der Waals surface area contributed by atoms with Crippen LogP contribution >= 0.6 is 0 Å². The molecule has 1 aliphatic carbocycles. The fraction of sp³-hybridized carbons (Fsp3) is 0.476. The van der Waals surface area contributed by atoms with Gasteiger partial charge in [0.25, 0.3) is 5.95 Å². The number of phenols is 1. The second-order valence-corrected chi connectivity index (χ2v) is 7.85. The van der Waals surface area contributed by atoms with E-state index in [1.54, 1.807) is 18.2 Å². The van der Waals surface area contributed by atoms with Gasteiger partial charge in [-0.2, -0.15) is 4.39 Å². The average Bonchev–Trinajstić information content (AvgIpc) is 3.17. The van der Waals surface area contributed by atoms with Crippen molar-refractivity contribution >= 4 is 0 Å². The Morgan fingerprint density at radius 1 is 1.22 bits per heavy atom. The number of aromatic hydroxyl groups is 1. The number of phenolic OH excluding ortho intramolecular Hbond substituents is 1. The molecule has 144 valence electrons. The smallest absolute Gasteiger partial charge is 0.255 e. The highest BCUT2D eigenvalue weighted by Crippen LogP contribution is 2.40. The van der Waals surface area contributed by atoms with E-state index in [1.165, 1.54) is 18.3 Å². The normalized spacial score (nSPS) is 26.1. The molecule has 2 heterocycles. The largest absolute Gasteiger partial charge is 0.505 e. The summed E-state index contributed by atoms with van der Waals surface area (Å²) in [5.41, 5.74) is 0.899. The van der Waals surface area contributed by atoms with E-state index in [1.807, 2.05) is 0 Å². The van der Waals surface area contributed by atoms with E-state index in [-0.39, 0.29) is 23.5 Å². The standard InChI is InChI=1S/C21H24F2N2O2/c1-13(14-4-5-19(26)18(22)9-14)10-25-11-15-7-17(8-16(15)12-25)27-20-3-2-6-24-21(20)23/h2-6,9,13,15-17,26H,7-8,10-12H2,1H3/t13?,15-,16+,17?. The zero-order valence-electron chi connectivity index (χ0n) is 15.3. The van der Waals surface area contributed by atoms with Crippen LogP contribution in [-0.4, -0.2) is 40.7 Å². The summed E-state index contributed by atoms with van der Waals surface area (Å²) in [6, 6.07) is 7.93. The Morgan fingerprint density at radius 3 is 2.63 bits per heavy atom. The number of nitrogens with zero attached hydrogens (tertiary/aromatic N) is 2. The molecule has 6 heteroatoms. The van der Waals surface area contributed by atoms with Crippen LogP contribution in [0.2, 0.25) is 0 Å². The summed E-state index contributed by atoms with van der Waals surface area (Å²) in [6.07, 6.45) is 3.32. The van der Waals surface area contributed by atoms with E-state index in [9.17, 15) is 13.9 Å². The van der Waals surface area contributed by atoms with Gasteiger partial charge >= 0.3 is 0 Å². The Kier molecular flexibility index (Phi) is 5.00. The van der Waals surface area contributed by atoms with Crippen LogP contribution in [0.3, 0.4) is 0 Å². The monoisotopic (exact) mass is 374 g/mol. The summed E-state index contributed by atoms with van der Waals surface area (Å²) in [7, 11) is 0. The molecule has 2 fully saturated rings. The third-order valence-corrected chi connectivity index (χ3v) is 5.87. The summed E-state index contributed by atoms with van der Waals surface area (Å²) in [5.74, 6) is 0.110. The third-order valence-electron chi connectivity index (χ3n) is 5.87. The van der Waals surface area contributed by atoms with Crippen molar-refractivity contribution in [2.45, 2.75) is 31.8 Å². The van der Waals surface area contributed by atoms with Crippen LogP contribution in [0.25, 0.3) is 0 Å². The Balaban J connectivity index is 1.30. The van der Waals surface area contributed by atoms with Gasteiger partial charge in [0.15, 0.2) is 17.3 Å². The topological polar surface area (TPSA) is 45.6 Å². The van der Waals surface area contributed by atoms with Crippen LogP contribution in [0, 0.1) is 23.6 Å². The summed E-state index contributed by atoms with van der Waals surface area (Å²) < 4.78 is 33.1. The van der Waals surface area contributed by atoms with Gasteiger partial charge in [-0.1, -0.05) is 13.0 Å². The van der Waals surface area contributed by atoms with Crippen molar-refractivity contribution in [2.75, 3.05) is 19.6 Å². The van der Waals surface area contributed by atoms with Gasteiger partial charge in [-0.3, -0.25) is 0 Å². The molecule has 0 spiro atoms. The van der Waals surface area contributed by atoms with Gasteiger partial charge < -0.3 is 14.7 Å². The van der Waals surface area contributed by atoms with Crippen molar-refractivity contribution in [3.05, 3.63) is 53.9 Å². The molecule has 1 aromatic heterocycles. The van der Waals surface area contributed by atoms with Crippen molar-refractivity contribution < 1.29 is 18.6 Å². The molecular formula is C21H24F2N2O2. The second kappa shape index (κ2) is 7.43. The minimum atomic E-state index is -0.569. The molecule has 1 saturated heterocycles. The number of benzene rings is 1. The SMILES string of the molecule is CC(CN1C[C@H]2CC(Oc3cccnc3F)C[C@H]2C1)c1ccc(O)c(F)c1. The van der Waals surface area contributed by atoms with Gasteiger partial charge in [0.2, 0.25) is 0 Å². The molecule has 0 amide bonds. The van der Waals surface area contributed by atoms with E-state index in [0.29, 0.717) is 11.8 Å². The molecule has 4 atom stereocenters. The Bertz CT molecular complexity index is 803. The maximum atomic E-state index is 13.7. The van der Waals surface area contributed by atoms with Gasteiger partial charge in [0, 0.05) is 25.8 Å². The highest BCUT2D eigenvalue weighted by atomic mass is 19.1. The van der Waals surface area contributed by atoms with E-state index in [0.717, 1.165) is 38.0 Å². The van der Waals surface area contributed by atoms with Gasteiger partial charge in [0.1, 0.15) is 0 Å². The maximum absolute atomic E-state index is 13.7. The van der Waals surface area contributed by atoms with Crippen molar-refractivity contribution in [2.24, 2.45) is 11.8 Å². The molecule has 0 radical (unpaired) electrons. The molecule has 2 aromatic rings. The highest BCUT2D eigenvalue weighted by molar-refractivity contribution is 5.30. The van der Waals surface area contributed by atoms with Gasteiger partial charge in [-0.15, -0.1) is 0 Å². The van der Waals surface area contributed by atoms with E-state index >= 15 is 0 Å². The molecule has 27 heavy (non-hydrogen) atoms. The Morgan fingerprint density at radius 2 is 1.96 bits per heavy atom. The van der Waals surface area contributed by atoms with E-state index in [2.05, 4.69) is 16.8 Å². The zero-order chi connectivity index (χ0) is 19.0. The quantitative estimate of drug-likeness (QED) is 0.805. The first-order valence-electron chi connectivity index (χ1n) is 9.47. The number of halogens is 2. The van der Waals surface area contributed by atoms with Crippen molar-refractivity contribution in [1.29, 1.82) is 0 Å². The third kappa shape index (κ3) is 3.90. The number of hydrogen-bond donors (Lipinski definition) is 1. The number of likely N-dealkylation sites (tertiary alicyclic amines) is 1. The fourth-order valence-corrected chi connectivity index (χ4v) is 4.55. The van der Waals surface area contributed by atoms with Crippen molar-refractivity contribution in [3.8, 4) is 11.5 Å². The summed E-state index contributed by atoms with van der Waals surface area (Å²) in [6.45, 7) is 4.92. The predicted octanol–water partition coefficient (Wildman–Crippen LogP) is 3.96. The van der Waals surface area contributed by atoms with E-state index < -0.39 is 11.8 Å². The minimum Gasteiger partial charge on any atom is -0.505 e. The van der Waals surface area contributed by atoms with Crippen LogP contribution < -0.4 is 4.74 Å². The number of rotatable bonds is 5. The highest BCUT2D eigenvalue weighted by Gasteiger charge is 2.42. The molecule has 1 N–H and O–H groups in total. The summed E-state index contributed by atoms with van der Waals surface area (Å²) in [5, 5.41) is 9.34. The Labute approximate surface area is 157 Å². The molecular weight excluding hydrogens is 350 g/mol. The molecule has 4 nitrogen and oxygen atoms in total. The van der Waals surface area contributed by atoms with Crippen molar-refractivity contribution in [1.82, 2.24) is 9.88 Å². The van der Waals surface area contributed by atoms with Crippen LogP contribution in [-0.2, 0) is 0 Å². The number of ether oxygens (including phenoxy) is 1. The van der Waals surface area contributed by atoms with Crippen LogP contribution in [0.5, 0.6) is 11.5 Å². The number of hydrogen-bond acceptors (Lipinski definition) is 4. The number of fused-ring (bicyclic) bond motifs is 1. The first-order chi connectivity index (χ1) is 13.0. The lowest BCUT2D eigenvalue weighted by Crippen LogP contribution is -2.28. The molecule has 1 saturated carbocycles. The summed E-state index contributed by atoms with van der Waals surface area (Å²) in [4.78, 5) is 6.06. The molecule has 1 aromatic carbocycles. The summed E-state index contributed by atoms with van der Waals surface area (Å²) >= 11 is 0. The first kappa shape index (κ1) is 18.2. The average molecular weight is 374 g/mol. The fourth-order valence-electron chi connectivity index (χ4n) is 4.55. The van der Waals surface area contributed by atoms with Gasteiger partial charge in [0.05, 0.1) is 6.10 Å². The number of aromatic nitrogens is 1. The van der Waals surface area contributed by atoms with Gasteiger partial charge in [-0.05, 0) is 60.4 Å². The van der Waals surface area contributed by atoms with Gasteiger partial charge in [-0.25, -0.2) is 9.37 Å². The van der Waals surface area contributed by atoms with Crippen molar-refractivity contribution in [3.63, 3.8) is 0 Å². The zero-order valence-corrected chi connectivity index (χ0v) is 15.3. The molecule has 4 rings (SSSR count). The lowest BCUT2D eigenvalue weighted by molar-refractivity contribution is 0.175. The molecule has 2 aliphatic rings. The molecule has 0 bridgehead atoms. The lowest BCUT2D eigenvalue weighted by atomic mass is 10.0. The van der Waals surface area contributed by atoms with Crippen LogP contribution in [0.1, 0.15) is 31.2 Å².